The third-order valence-corrected chi connectivity index (χ3v) is 4.91. The number of fused-ring (bicyclic) bond motifs is 1. The first-order chi connectivity index (χ1) is 11.1. The average molecular weight is 312 g/mol. The number of aromatic nitrogens is 2. The number of primary amides is 1. The quantitative estimate of drug-likeness (QED) is 0.886. The number of hydrogen-bond donors (Lipinski definition) is 2. The van der Waals surface area contributed by atoms with Crippen molar-refractivity contribution >= 4 is 5.91 Å². The number of carbonyl (C=O) groups excluding carboxylic acids is 1. The van der Waals surface area contributed by atoms with Crippen molar-refractivity contribution in [3.8, 4) is 0 Å². The molecule has 5 nitrogen and oxygen atoms in total. The molecule has 3 rings (SSSR count). The maximum absolute atomic E-state index is 11.5. The van der Waals surface area contributed by atoms with E-state index in [4.69, 9.17) is 5.73 Å². The number of aryl methyl sites for hydroxylation is 2. The second-order valence-corrected chi connectivity index (χ2v) is 6.44. The number of benzene rings is 1. The van der Waals surface area contributed by atoms with Crippen LogP contribution in [0.1, 0.15) is 39.2 Å². The molecule has 1 atom stereocenters. The lowest BCUT2D eigenvalue weighted by molar-refractivity contribution is 0.0998. The molecule has 1 amide bonds. The summed E-state index contributed by atoms with van der Waals surface area (Å²) in [6, 6.07) is 6.43. The number of nitrogens with two attached hydrogens (primary N) is 1. The fraction of sp³-hybridized carbons (Fsp3) is 0.444. The number of rotatable bonds is 5. The molecule has 0 aliphatic carbocycles. The van der Waals surface area contributed by atoms with Gasteiger partial charge in [-0.05, 0) is 55.8 Å². The Morgan fingerprint density at radius 2 is 2.26 bits per heavy atom. The lowest BCUT2D eigenvalue weighted by Gasteiger charge is -2.24. The molecule has 0 unspecified atom stereocenters. The van der Waals surface area contributed by atoms with E-state index < -0.39 is 0 Å². The summed E-state index contributed by atoms with van der Waals surface area (Å²) in [5.74, 6) is 0.137. The summed E-state index contributed by atoms with van der Waals surface area (Å²) >= 11 is 0. The van der Waals surface area contributed by atoms with Gasteiger partial charge < -0.3 is 11.1 Å². The number of nitrogens with one attached hydrogen (secondary N) is 1. The standard InChI is InChI=1S/C18H24N4O/c1-12-4-3-5-15(13(12)2)10-20-9-14-6-7-22-17(8-14)16(11-21-22)18(19)23/h3-5,11,14,20H,6-10H2,1-2H3,(H2,19,23)/t14-/m1/s1. The van der Waals surface area contributed by atoms with Gasteiger partial charge in [-0.15, -0.1) is 0 Å². The summed E-state index contributed by atoms with van der Waals surface area (Å²) in [4.78, 5) is 11.5. The molecule has 1 aromatic carbocycles. The molecule has 122 valence electrons. The summed E-state index contributed by atoms with van der Waals surface area (Å²) in [6.45, 7) is 7.00. The van der Waals surface area contributed by atoms with Crippen LogP contribution >= 0.6 is 0 Å². The Morgan fingerprint density at radius 3 is 3.04 bits per heavy atom. The molecule has 0 saturated heterocycles. The number of carbonyl (C=O) groups is 1. The molecule has 23 heavy (non-hydrogen) atoms. The molecule has 5 heteroatoms. The predicted octanol–water partition coefficient (Wildman–Crippen LogP) is 1.95. The lowest BCUT2D eigenvalue weighted by Crippen LogP contribution is -2.30. The third kappa shape index (κ3) is 3.29. The minimum absolute atomic E-state index is 0.379. The Hall–Kier alpha value is -2.14. The number of nitrogens with zero attached hydrogens (tertiary/aromatic N) is 2. The Balaban J connectivity index is 1.59. The summed E-state index contributed by atoms with van der Waals surface area (Å²) in [5, 5.41) is 7.82. The van der Waals surface area contributed by atoms with Gasteiger partial charge >= 0.3 is 0 Å². The predicted molar refractivity (Wildman–Crippen MR) is 90.2 cm³/mol. The van der Waals surface area contributed by atoms with Gasteiger partial charge in [0.1, 0.15) is 0 Å². The van der Waals surface area contributed by atoms with E-state index in [-0.39, 0.29) is 5.91 Å². The van der Waals surface area contributed by atoms with Gasteiger partial charge in [0.2, 0.25) is 0 Å². The summed E-state index contributed by atoms with van der Waals surface area (Å²) < 4.78 is 1.92. The average Bonchev–Trinajstić information content (AvgIpc) is 2.95. The van der Waals surface area contributed by atoms with Crippen LogP contribution in [-0.2, 0) is 19.5 Å². The highest BCUT2D eigenvalue weighted by Gasteiger charge is 2.24. The zero-order valence-electron chi connectivity index (χ0n) is 13.8. The molecule has 1 aliphatic heterocycles. The van der Waals surface area contributed by atoms with Crippen molar-refractivity contribution < 1.29 is 4.79 Å². The van der Waals surface area contributed by atoms with Crippen molar-refractivity contribution in [3.63, 3.8) is 0 Å². The van der Waals surface area contributed by atoms with Crippen LogP contribution in [0.4, 0.5) is 0 Å². The van der Waals surface area contributed by atoms with Crippen LogP contribution in [0.25, 0.3) is 0 Å². The Kier molecular flexibility index (Phi) is 4.48. The van der Waals surface area contributed by atoms with Crippen LogP contribution in [0.2, 0.25) is 0 Å². The van der Waals surface area contributed by atoms with E-state index in [1.165, 1.54) is 16.7 Å². The van der Waals surface area contributed by atoms with Crippen molar-refractivity contribution in [1.29, 1.82) is 0 Å². The zero-order chi connectivity index (χ0) is 16.4. The first-order valence-electron chi connectivity index (χ1n) is 8.16. The minimum atomic E-state index is -0.379. The van der Waals surface area contributed by atoms with E-state index in [1.807, 2.05) is 4.68 Å². The van der Waals surface area contributed by atoms with Crippen molar-refractivity contribution in [2.75, 3.05) is 6.54 Å². The van der Waals surface area contributed by atoms with E-state index in [2.05, 4.69) is 42.5 Å². The van der Waals surface area contributed by atoms with Gasteiger partial charge in [-0.2, -0.15) is 5.10 Å². The van der Waals surface area contributed by atoms with Gasteiger partial charge in [0, 0.05) is 13.1 Å². The van der Waals surface area contributed by atoms with Crippen LogP contribution in [0.3, 0.4) is 0 Å². The summed E-state index contributed by atoms with van der Waals surface area (Å²) in [6.07, 6.45) is 3.54. The van der Waals surface area contributed by atoms with E-state index in [1.54, 1.807) is 6.20 Å². The maximum Gasteiger partial charge on any atom is 0.252 e. The van der Waals surface area contributed by atoms with Gasteiger partial charge in [0.05, 0.1) is 17.5 Å². The molecule has 0 radical (unpaired) electrons. The van der Waals surface area contributed by atoms with Gasteiger partial charge in [-0.1, -0.05) is 18.2 Å². The van der Waals surface area contributed by atoms with E-state index in [9.17, 15) is 4.79 Å². The van der Waals surface area contributed by atoms with Crippen molar-refractivity contribution in [3.05, 3.63) is 52.3 Å². The molecule has 0 spiro atoms. The fourth-order valence-electron chi connectivity index (χ4n) is 3.29. The molecule has 3 N–H and O–H groups in total. The second kappa shape index (κ2) is 6.54. The van der Waals surface area contributed by atoms with Crippen molar-refractivity contribution in [1.82, 2.24) is 15.1 Å². The first kappa shape index (κ1) is 15.7. The molecule has 2 heterocycles. The lowest BCUT2D eigenvalue weighted by atomic mass is 9.94. The van der Waals surface area contributed by atoms with Crippen molar-refractivity contribution in [2.45, 2.75) is 39.8 Å². The molecule has 0 bridgehead atoms. The fourth-order valence-corrected chi connectivity index (χ4v) is 3.29. The highest BCUT2D eigenvalue weighted by molar-refractivity contribution is 5.93. The van der Waals surface area contributed by atoms with E-state index in [0.717, 1.165) is 38.2 Å². The molecular weight excluding hydrogens is 288 g/mol. The van der Waals surface area contributed by atoms with Crippen LogP contribution in [-0.4, -0.2) is 22.2 Å². The Labute approximate surface area is 136 Å². The molecular formula is C18H24N4O. The smallest absolute Gasteiger partial charge is 0.252 e. The third-order valence-electron chi connectivity index (χ3n) is 4.91. The monoisotopic (exact) mass is 312 g/mol. The number of amides is 1. The van der Waals surface area contributed by atoms with Gasteiger partial charge in [0.15, 0.2) is 0 Å². The normalized spacial score (nSPS) is 17.0. The summed E-state index contributed by atoms with van der Waals surface area (Å²) in [7, 11) is 0. The van der Waals surface area contributed by atoms with Gasteiger partial charge in [-0.25, -0.2) is 0 Å². The highest BCUT2D eigenvalue weighted by atomic mass is 16.1. The van der Waals surface area contributed by atoms with E-state index in [0.29, 0.717) is 11.5 Å². The zero-order valence-corrected chi connectivity index (χ0v) is 13.8. The number of hydrogen-bond acceptors (Lipinski definition) is 3. The molecule has 1 aromatic heterocycles. The van der Waals surface area contributed by atoms with Crippen molar-refractivity contribution in [2.24, 2.45) is 11.7 Å². The first-order valence-corrected chi connectivity index (χ1v) is 8.16. The maximum atomic E-state index is 11.5. The van der Waals surface area contributed by atoms with Crippen LogP contribution in [0.15, 0.2) is 24.4 Å². The SMILES string of the molecule is Cc1cccc(CNC[C@@H]2CCn3ncc(C(N)=O)c3C2)c1C. The van der Waals surface area contributed by atoms with Crippen LogP contribution < -0.4 is 11.1 Å². The van der Waals surface area contributed by atoms with Crippen LogP contribution in [0.5, 0.6) is 0 Å². The Bertz CT molecular complexity index is 720. The highest BCUT2D eigenvalue weighted by Crippen LogP contribution is 2.22. The molecule has 2 aromatic rings. The largest absolute Gasteiger partial charge is 0.365 e. The second-order valence-electron chi connectivity index (χ2n) is 6.44. The van der Waals surface area contributed by atoms with Gasteiger partial charge in [0.25, 0.3) is 5.91 Å². The minimum Gasteiger partial charge on any atom is -0.365 e. The van der Waals surface area contributed by atoms with E-state index >= 15 is 0 Å². The molecule has 0 fully saturated rings. The topological polar surface area (TPSA) is 72.9 Å². The molecule has 0 saturated carbocycles. The Morgan fingerprint density at radius 1 is 1.43 bits per heavy atom. The van der Waals surface area contributed by atoms with Gasteiger partial charge in [-0.3, -0.25) is 9.48 Å². The van der Waals surface area contributed by atoms with Crippen LogP contribution in [0, 0.1) is 19.8 Å². The molecule has 1 aliphatic rings. The summed E-state index contributed by atoms with van der Waals surface area (Å²) in [5.41, 5.74) is 11.0.